The van der Waals surface area contributed by atoms with Crippen molar-refractivity contribution in [2.24, 2.45) is 5.92 Å². The molecule has 1 aliphatic carbocycles. The predicted molar refractivity (Wildman–Crippen MR) is 192 cm³/mol. The van der Waals surface area contributed by atoms with Gasteiger partial charge >= 0.3 is 5.97 Å². The number of nitrogens with zero attached hydrogens (tertiary/aromatic N) is 1. The molecule has 1 aliphatic heterocycles. The molecule has 0 spiro atoms. The van der Waals surface area contributed by atoms with E-state index in [1.807, 2.05) is 84.9 Å². The number of rotatable bonds is 10. The zero-order chi connectivity index (χ0) is 34.5. The zero-order valence-electron chi connectivity index (χ0n) is 28.7. The van der Waals surface area contributed by atoms with Crippen LogP contribution in [0.25, 0.3) is 11.1 Å². The van der Waals surface area contributed by atoms with Crippen LogP contribution >= 0.6 is 0 Å². The van der Waals surface area contributed by atoms with Crippen molar-refractivity contribution in [2.45, 2.75) is 83.2 Å². The summed E-state index contributed by atoms with van der Waals surface area (Å²) in [6.07, 6.45) is 5.38. The molecule has 254 valence electrons. The first kappa shape index (κ1) is 34.0. The molecular weight excluding hydrogens is 612 g/mol. The van der Waals surface area contributed by atoms with Crippen LogP contribution in [0.3, 0.4) is 0 Å². The van der Waals surface area contributed by atoms with E-state index in [9.17, 15) is 19.5 Å². The van der Waals surface area contributed by atoms with E-state index in [2.05, 4.69) is 38.2 Å². The SMILES string of the molecule is CC(C)(C)c1ccc(Oc2ccc3c(c2)C(C(=O)N[C@@H](Cc2ccc(-c4ccccc4)cc2)C(=O)O)N(C(=O)CC2CCCC2)CC3)cc1. The quantitative estimate of drug-likeness (QED) is 0.179. The van der Waals surface area contributed by atoms with Crippen molar-refractivity contribution in [3.8, 4) is 22.6 Å². The second-order valence-corrected chi connectivity index (χ2v) is 14.5. The number of hydrogen-bond donors (Lipinski definition) is 2. The zero-order valence-corrected chi connectivity index (χ0v) is 28.7. The molecule has 49 heavy (non-hydrogen) atoms. The molecule has 4 aromatic rings. The van der Waals surface area contributed by atoms with Gasteiger partial charge in [0.1, 0.15) is 23.6 Å². The highest BCUT2D eigenvalue weighted by Gasteiger charge is 2.38. The fraction of sp³-hybridized carbons (Fsp3) is 0.357. The number of aliphatic carboxylic acids is 1. The van der Waals surface area contributed by atoms with Gasteiger partial charge in [-0.1, -0.05) is 106 Å². The number of fused-ring (bicyclic) bond motifs is 1. The van der Waals surface area contributed by atoms with Crippen molar-refractivity contribution in [3.05, 3.63) is 119 Å². The van der Waals surface area contributed by atoms with Gasteiger partial charge in [0.25, 0.3) is 0 Å². The first-order valence-electron chi connectivity index (χ1n) is 17.4. The number of carbonyl (C=O) groups is 3. The summed E-state index contributed by atoms with van der Waals surface area (Å²) in [4.78, 5) is 42.3. The number of amides is 2. The van der Waals surface area contributed by atoms with E-state index in [-0.39, 0.29) is 17.7 Å². The van der Waals surface area contributed by atoms with Crippen molar-refractivity contribution < 1.29 is 24.2 Å². The molecule has 1 heterocycles. The molecular formula is C42H46N2O5. The second kappa shape index (κ2) is 14.7. The Morgan fingerprint density at radius 2 is 1.51 bits per heavy atom. The molecule has 2 amide bonds. The molecule has 7 heteroatoms. The predicted octanol–water partition coefficient (Wildman–Crippen LogP) is 8.26. The summed E-state index contributed by atoms with van der Waals surface area (Å²) >= 11 is 0. The third-order valence-electron chi connectivity index (χ3n) is 9.92. The maximum Gasteiger partial charge on any atom is 0.326 e. The summed E-state index contributed by atoms with van der Waals surface area (Å²) in [5.74, 6) is -0.155. The van der Waals surface area contributed by atoms with Gasteiger partial charge in [0.2, 0.25) is 11.8 Å². The van der Waals surface area contributed by atoms with E-state index < -0.39 is 24.0 Å². The van der Waals surface area contributed by atoms with Crippen LogP contribution < -0.4 is 10.1 Å². The van der Waals surface area contributed by atoms with E-state index in [1.54, 1.807) is 4.90 Å². The van der Waals surface area contributed by atoms with Crippen molar-refractivity contribution >= 4 is 17.8 Å². The highest BCUT2D eigenvalue weighted by molar-refractivity contribution is 5.92. The molecule has 2 N–H and O–H groups in total. The van der Waals surface area contributed by atoms with Gasteiger partial charge in [0.15, 0.2) is 0 Å². The molecule has 1 unspecified atom stereocenters. The summed E-state index contributed by atoms with van der Waals surface area (Å²) in [5.41, 5.74) is 5.71. The number of nitrogens with one attached hydrogen (secondary N) is 1. The largest absolute Gasteiger partial charge is 0.480 e. The highest BCUT2D eigenvalue weighted by atomic mass is 16.5. The van der Waals surface area contributed by atoms with Gasteiger partial charge in [-0.05, 0) is 88.2 Å². The van der Waals surface area contributed by atoms with E-state index in [0.717, 1.165) is 47.9 Å². The first-order valence-corrected chi connectivity index (χ1v) is 17.4. The summed E-state index contributed by atoms with van der Waals surface area (Å²) in [6.45, 7) is 6.87. The summed E-state index contributed by atoms with van der Waals surface area (Å²) in [7, 11) is 0. The van der Waals surface area contributed by atoms with Crippen LogP contribution in [0.15, 0.2) is 97.1 Å². The van der Waals surface area contributed by atoms with Gasteiger partial charge in [-0.3, -0.25) is 9.59 Å². The standard InChI is InChI=1S/C42H46N2O5/c1-42(2,3)33-18-21-34(22-19-33)49-35-20-17-32-23-24-44(38(45)26-28-9-7-8-10-28)39(36(32)27-35)40(46)43-37(41(47)48)25-29-13-15-31(16-14-29)30-11-5-4-6-12-30/h4-6,11-22,27-28,37,39H,7-10,23-26H2,1-3H3,(H,43,46)(H,47,48)/t37-,39?/m0/s1. The van der Waals surface area contributed by atoms with Crippen molar-refractivity contribution in [1.82, 2.24) is 10.2 Å². The average Bonchev–Trinajstić information content (AvgIpc) is 3.61. The molecule has 4 aromatic carbocycles. The van der Waals surface area contributed by atoms with Crippen LogP contribution in [-0.2, 0) is 32.6 Å². The minimum absolute atomic E-state index is 0.0127. The molecule has 7 nitrogen and oxygen atoms in total. The van der Waals surface area contributed by atoms with Crippen LogP contribution in [0.5, 0.6) is 11.5 Å². The lowest BCUT2D eigenvalue weighted by Crippen LogP contribution is -2.51. The molecule has 2 aliphatic rings. The van der Waals surface area contributed by atoms with E-state index in [0.29, 0.717) is 42.4 Å². The van der Waals surface area contributed by atoms with Crippen LogP contribution in [-0.4, -0.2) is 40.4 Å². The Morgan fingerprint density at radius 1 is 0.857 bits per heavy atom. The Kier molecular flexibility index (Phi) is 10.2. The van der Waals surface area contributed by atoms with Crippen LogP contribution in [0.2, 0.25) is 0 Å². The number of carboxylic acid groups (broad SMARTS) is 1. The van der Waals surface area contributed by atoms with Crippen molar-refractivity contribution in [1.29, 1.82) is 0 Å². The summed E-state index contributed by atoms with van der Waals surface area (Å²) in [6, 6.07) is 29.2. The molecule has 1 fully saturated rings. The van der Waals surface area contributed by atoms with E-state index in [4.69, 9.17) is 4.74 Å². The van der Waals surface area contributed by atoms with Gasteiger partial charge in [-0.15, -0.1) is 0 Å². The Morgan fingerprint density at radius 3 is 2.16 bits per heavy atom. The maximum atomic E-state index is 14.2. The van der Waals surface area contributed by atoms with Crippen molar-refractivity contribution in [3.63, 3.8) is 0 Å². The topological polar surface area (TPSA) is 95.9 Å². The average molecular weight is 659 g/mol. The highest BCUT2D eigenvalue weighted by Crippen LogP contribution is 2.37. The molecule has 1 saturated carbocycles. The molecule has 0 aromatic heterocycles. The number of ether oxygens (including phenoxy) is 1. The Hall–Kier alpha value is -4.91. The lowest BCUT2D eigenvalue weighted by atomic mass is 9.87. The van der Waals surface area contributed by atoms with E-state index in [1.165, 1.54) is 5.56 Å². The van der Waals surface area contributed by atoms with Crippen LogP contribution in [0.1, 0.15) is 81.2 Å². The summed E-state index contributed by atoms with van der Waals surface area (Å²) in [5, 5.41) is 13.1. The lowest BCUT2D eigenvalue weighted by molar-refractivity contribution is -0.145. The Balaban J connectivity index is 1.25. The Labute approximate surface area is 289 Å². The third-order valence-corrected chi connectivity index (χ3v) is 9.92. The van der Waals surface area contributed by atoms with Gasteiger partial charge < -0.3 is 20.1 Å². The van der Waals surface area contributed by atoms with Crippen molar-refractivity contribution in [2.75, 3.05) is 6.54 Å². The normalized spacial score (nSPS) is 16.9. The summed E-state index contributed by atoms with van der Waals surface area (Å²) < 4.78 is 6.25. The molecule has 0 radical (unpaired) electrons. The van der Waals surface area contributed by atoms with Crippen LogP contribution in [0, 0.1) is 5.92 Å². The Bertz CT molecular complexity index is 1770. The molecule has 0 bridgehead atoms. The van der Waals surface area contributed by atoms with Gasteiger partial charge in [-0.25, -0.2) is 4.79 Å². The fourth-order valence-electron chi connectivity index (χ4n) is 7.10. The third kappa shape index (κ3) is 8.22. The second-order valence-electron chi connectivity index (χ2n) is 14.5. The number of carbonyl (C=O) groups excluding carboxylic acids is 2. The number of carboxylic acids is 1. The smallest absolute Gasteiger partial charge is 0.326 e. The van der Waals surface area contributed by atoms with E-state index >= 15 is 0 Å². The first-order chi connectivity index (χ1) is 23.5. The van der Waals surface area contributed by atoms with Gasteiger partial charge in [-0.2, -0.15) is 0 Å². The maximum absolute atomic E-state index is 14.2. The molecule has 6 rings (SSSR count). The van der Waals surface area contributed by atoms with Crippen LogP contribution in [0.4, 0.5) is 0 Å². The fourth-order valence-corrected chi connectivity index (χ4v) is 7.10. The van der Waals surface area contributed by atoms with Gasteiger partial charge in [0, 0.05) is 19.4 Å². The monoisotopic (exact) mass is 658 g/mol. The number of hydrogen-bond acceptors (Lipinski definition) is 4. The number of benzene rings is 4. The molecule has 0 saturated heterocycles. The molecule has 2 atom stereocenters. The lowest BCUT2D eigenvalue weighted by Gasteiger charge is -2.37. The minimum atomic E-state index is -1.17. The minimum Gasteiger partial charge on any atom is -0.480 e. The van der Waals surface area contributed by atoms with Gasteiger partial charge in [0.05, 0.1) is 0 Å².